The number of nitrogens with two attached hydrogens (primary N) is 1. The standard InChI is InChI=1S/C16H20N4O2/c1-10-3-2-4-12-15(10)19-9-20(16(12)22)8-14(21)18-7-13(17)11-5-6-11/h2-4,9,11,13H,5-8,17H2,1H3,(H,18,21). The van der Waals surface area contributed by atoms with Crippen LogP contribution >= 0.6 is 0 Å². The summed E-state index contributed by atoms with van der Waals surface area (Å²) in [5.74, 6) is 0.320. The Hall–Kier alpha value is -2.21. The van der Waals surface area contributed by atoms with Crippen molar-refractivity contribution in [3.8, 4) is 0 Å². The molecule has 1 amide bonds. The lowest BCUT2D eigenvalue weighted by molar-refractivity contribution is -0.121. The Kier molecular flexibility index (Phi) is 3.94. The van der Waals surface area contributed by atoms with Gasteiger partial charge in [0.1, 0.15) is 6.54 Å². The number of hydrogen-bond donors (Lipinski definition) is 2. The molecule has 3 N–H and O–H groups in total. The summed E-state index contributed by atoms with van der Waals surface area (Å²) in [5, 5.41) is 3.32. The minimum atomic E-state index is -0.216. The van der Waals surface area contributed by atoms with E-state index in [1.165, 1.54) is 10.9 Å². The molecule has 1 aromatic carbocycles. The number of amides is 1. The predicted octanol–water partition coefficient (Wildman–Crippen LogP) is 0.558. The Morgan fingerprint density at radius 3 is 3.00 bits per heavy atom. The molecular formula is C16H20N4O2. The first-order valence-corrected chi connectivity index (χ1v) is 7.53. The first-order chi connectivity index (χ1) is 10.6. The minimum Gasteiger partial charge on any atom is -0.353 e. The molecule has 6 heteroatoms. The van der Waals surface area contributed by atoms with Crippen molar-refractivity contribution in [3.63, 3.8) is 0 Å². The van der Waals surface area contributed by atoms with E-state index in [9.17, 15) is 9.59 Å². The zero-order chi connectivity index (χ0) is 15.7. The maximum atomic E-state index is 12.4. The average molecular weight is 300 g/mol. The molecule has 0 saturated heterocycles. The van der Waals surface area contributed by atoms with Gasteiger partial charge in [0.25, 0.3) is 5.56 Å². The van der Waals surface area contributed by atoms with E-state index in [0.29, 0.717) is 23.4 Å². The lowest BCUT2D eigenvalue weighted by Crippen LogP contribution is -2.41. The third-order valence-corrected chi connectivity index (χ3v) is 4.13. The summed E-state index contributed by atoms with van der Waals surface area (Å²) in [7, 11) is 0. The molecule has 0 spiro atoms. The van der Waals surface area contributed by atoms with Gasteiger partial charge in [-0.2, -0.15) is 0 Å². The van der Waals surface area contributed by atoms with Crippen LogP contribution in [0, 0.1) is 12.8 Å². The van der Waals surface area contributed by atoms with Gasteiger partial charge in [-0.1, -0.05) is 12.1 Å². The molecule has 1 atom stereocenters. The molecule has 22 heavy (non-hydrogen) atoms. The van der Waals surface area contributed by atoms with Crippen LogP contribution in [0.25, 0.3) is 10.9 Å². The number of para-hydroxylation sites is 1. The van der Waals surface area contributed by atoms with E-state index in [1.54, 1.807) is 6.07 Å². The van der Waals surface area contributed by atoms with Gasteiger partial charge in [0, 0.05) is 12.6 Å². The zero-order valence-corrected chi connectivity index (χ0v) is 12.6. The highest BCUT2D eigenvalue weighted by Gasteiger charge is 2.28. The zero-order valence-electron chi connectivity index (χ0n) is 12.6. The third-order valence-electron chi connectivity index (χ3n) is 4.13. The Labute approximate surface area is 128 Å². The van der Waals surface area contributed by atoms with Gasteiger partial charge in [-0.3, -0.25) is 14.2 Å². The first kappa shape index (κ1) is 14.7. The van der Waals surface area contributed by atoms with Gasteiger partial charge < -0.3 is 11.1 Å². The fourth-order valence-electron chi connectivity index (χ4n) is 2.58. The van der Waals surface area contributed by atoms with Gasteiger partial charge in [0.2, 0.25) is 5.91 Å². The summed E-state index contributed by atoms with van der Waals surface area (Å²) in [4.78, 5) is 28.6. The molecule has 1 fully saturated rings. The van der Waals surface area contributed by atoms with Crippen LogP contribution in [0.15, 0.2) is 29.3 Å². The molecule has 1 unspecified atom stereocenters. The lowest BCUT2D eigenvalue weighted by Gasteiger charge is -2.12. The predicted molar refractivity (Wildman–Crippen MR) is 84.4 cm³/mol. The summed E-state index contributed by atoms with van der Waals surface area (Å²) in [6.45, 7) is 2.33. The van der Waals surface area contributed by atoms with E-state index in [2.05, 4.69) is 10.3 Å². The molecular weight excluding hydrogens is 280 g/mol. The summed E-state index contributed by atoms with van der Waals surface area (Å²) in [6, 6.07) is 5.47. The highest BCUT2D eigenvalue weighted by atomic mass is 16.2. The van der Waals surface area contributed by atoms with Crippen molar-refractivity contribution in [2.24, 2.45) is 11.7 Å². The van der Waals surface area contributed by atoms with E-state index in [0.717, 1.165) is 18.4 Å². The summed E-state index contributed by atoms with van der Waals surface area (Å²) < 4.78 is 1.33. The molecule has 1 saturated carbocycles. The normalized spacial score (nSPS) is 15.7. The Morgan fingerprint density at radius 1 is 1.50 bits per heavy atom. The van der Waals surface area contributed by atoms with E-state index in [1.807, 2.05) is 19.1 Å². The number of nitrogens with zero attached hydrogens (tertiary/aromatic N) is 2. The van der Waals surface area contributed by atoms with Crippen LogP contribution in [0.4, 0.5) is 0 Å². The third kappa shape index (κ3) is 3.01. The van der Waals surface area contributed by atoms with E-state index in [4.69, 9.17) is 5.73 Å². The molecule has 1 heterocycles. The SMILES string of the molecule is Cc1cccc2c(=O)n(CC(=O)NCC(N)C3CC3)cnc12. The Balaban J connectivity index is 1.72. The van der Waals surface area contributed by atoms with Gasteiger partial charge in [0.05, 0.1) is 17.2 Å². The van der Waals surface area contributed by atoms with Gasteiger partial charge in [-0.05, 0) is 37.3 Å². The Morgan fingerprint density at radius 2 is 2.27 bits per heavy atom. The van der Waals surface area contributed by atoms with Gasteiger partial charge in [-0.15, -0.1) is 0 Å². The van der Waals surface area contributed by atoms with Gasteiger partial charge in [0.15, 0.2) is 0 Å². The van der Waals surface area contributed by atoms with E-state index >= 15 is 0 Å². The van der Waals surface area contributed by atoms with Crippen LogP contribution in [-0.4, -0.2) is 28.0 Å². The highest BCUT2D eigenvalue weighted by Crippen LogP contribution is 2.31. The first-order valence-electron chi connectivity index (χ1n) is 7.53. The maximum Gasteiger partial charge on any atom is 0.261 e. The number of rotatable bonds is 5. The number of carbonyl (C=O) groups is 1. The summed E-state index contributed by atoms with van der Waals surface area (Å²) in [6.07, 6.45) is 3.72. The number of hydrogen-bond acceptors (Lipinski definition) is 4. The van der Waals surface area contributed by atoms with Gasteiger partial charge in [-0.25, -0.2) is 4.98 Å². The van der Waals surface area contributed by atoms with Crippen molar-refractivity contribution < 1.29 is 4.79 Å². The molecule has 6 nitrogen and oxygen atoms in total. The van der Waals surface area contributed by atoms with Crippen LogP contribution in [0.2, 0.25) is 0 Å². The molecule has 2 aromatic rings. The quantitative estimate of drug-likeness (QED) is 0.844. The monoisotopic (exact) mass is 300 g/mol. The number of aryl methyl sites for hydroxylation is 1. The molecule has 1 aliphatic rings. The second-order valence-electron chi connectivity index (χ2n) is 5.95. The molecule has 116 valence electrons. The van der Waals surface area contributed by atoms with Crippen LogP contribution in [0.3, 0.4) is 0 Å². The van der Waals surface area contributed by atoms with Crippen LogP contribution < -0.4 is 16.6 Å². The summed E-state index contributed by atoms with van der Waals surface area (Å²) >= 11 is 0. The van der Waals surface area contributed by atoms with Crippen molar-refractivity contribution in [3.05, 3.63) is 40.4 Å². The van der Waals surface area contributed by atoms with Crippen LogP contribution in [-0.2, 0) is 11.3 Å². The van der Waals surface area contributed by atoms with E-state index < -0.39 is 0 Å². The molecule has 3 rings (SSSR count). The fraction of sp³-hybridized carbons (Fsp3) is 0.438. The highest BCUT2D eigenvalue weighted by molar-refractivity contribution is 5.81. The van der Waals surface area contributed by atoms with Crippen LogP contribution in [0.1, 0.15) is 18.4 Å². The number of carbonyl (C=O) groups excluding carboxylic acids is 1. The Bertz CT molecular complexity index is 764. The molecule has 0 aliphatic heterocycles. The number of aromatic nitrogens is 2. The minimum absolute atomic E-state index is 0.0121. The number of fused-ring (bicyclic) bond motifs is 1. The number of benzene rings is 1. The molecule has 0 bridgehead atoms. The largest absolute Gasteiger partial charge is 0.353 e. The van der Waals surface area contributed by atoms with Crippen molar-refractivity contribution in [2.45, 2.75) is 32.4 Å². The topological polar surface area (TPSA) is 90.0 Å². The summed E-state index contributed by atoms with van der Waals surface area (Å²) in [5.41, 5.74) is 7.37. The molecule has 0 radical (unpaired) electrons. The fourth-order valence-corrected chi connectivity index (χ4v) is 2.58. The second-order valence-corrected chi connectivity index (χ2v) is 5.95. The van der Waals surface area contributed by atoms with E-state index in [-0.39, 0.29) is 24.1 Å². The number of nitrogens with one attached hydrogen (secondary N) is 1. The lowest BCUT2D eigenvalue weighted by atomic mass is 10.1. The maximum absolute atomic E-state index is 12.4. The van der Waals surface area contributed by atoms with Crippen molar-refractivity contribution >= 4 is 16.8 Å². The van der Waals surface area contributed by atoms with Crippen LogP contribution in [0.5, 0.6) is 0 Å². The van der Waals surface area contributed by atoms with Crippen molar-refractivity contribution in [1.29, 1.82) is 0 Å². The van der Waals surface area contributed by atoms with Crippen molar-refractivity contribution in [1.82, 2.24) is 14.9 Å². The van der Waals surface area contributed by atoms with Gasteiger partial charge >= 0.3 is 0 Å². The molecule has 1 aromatic heterocycles. The average Bonchev–Trinajstić information content (AvgIpc) is 3.33. The second kappa shape index (κ2) is 5.88. The van der Waals surface area contributed by atoms with Crippen molar-refractivity contribution in [2.75, 3.05) is 6.54 Å². The molecule has 1 aliphatic carbocycles. The smallest absolute Gasteiger partial charge is 0.261 e.